The second kappa shape index (κ2) is 5.23. The van der Waals surface area contributed by atoms with Crippen molar-refractivity contribution in [2.24, 2.45) is 5.92 Å². The summed E-state index contributed by atoms with van der Waals surface area (Å²) in [4.78, 5) is 15.7. The Morgan fingerprint density at radius 3 is 2.94 bits per heavy atom. The summed E-state index contributed by atoms with van der Waals surface area (Å²) in [5, 5.41) is 3.41. The van der Waals surface area contributed by atoms with Crippen LogP contribution in [0.3, 0.4) is 0 Å². The summed E-state index contributed by atoms with van der Waals surface area (Å²) >= 11 is 11.5. The summed E-state index contributed by atoms with van der Waals surface area (Å²) < 4.78 is 0. The van der Waals surface area contributed by atoms with Gasteiger partial charge in [-0.1, -0.05) is 36.5 Å². The van der Waals surface area contributed by atoms with Crippen molar-refractivity contribution in [2.75, 3.05) is 0 Å². The summed E-state index contributed by atoms with van der Waals surface area (Å²) in [7, 11) is 0. The van der Waals surface area contributed by atoms with Gasteiger partial charge in [0.25, 0.3) is 5.91 Å². The van der Waals surface area contributed by atoms with Crippen molar-refractivity contribution in [1.29, 1.82) is 0 Å². The fourth-order valence-electron chi connectivity index (χ4n) is 1.94. The molecule has 2 unspecified atom stereocenters. The van der Waals surface area contributed by atoms with E-state index < -0.39 is 0 Å². The van der Waals surface area contributed by atoms with Crippen LogP contribution < -0.4 is 5.32 Å². The summed E-state index contributed by atoms with van der Waals surface area (Å²) in [6.07, 6.45) is 3.38. The highest BCUT2D eigenvalue weighted by Crippen LogP contribution is 2.34. The number of rotatable bonds is 4. The van der Waals surface area contributed by atoms with E-state index in [1.807, 2.05) is 0 Å². The SMILES string of the molecule is CCCC1CC1NC(=O)c1ccc(Cl)nc1Cl. The Morgan fingerprint density at radius 2 is 2.29 bits per heavy atom. The first kappa shape index (κ1) is 12.7. The molecule has 1 amide bonds. The van der Waals surface area contributed by atoms with E-state index in [2.05, 4.69) is 17.2 Å². The Kier molecular flexibility index (Phi) is 3.89. The number of halogens is 2. The zero-order valence-electron chi connectivity index (χ0n) is 9.54. The van der Waals surface area contributed by atoms with Crippen LogP contribution in [0.4, 0.5) is 0 Å². The van der Waals surface area contributed by atoms with Crippen LogP contribution in [0, 0.1) is 5.92 Å². The lowest BCUT2D eigenvalue weighted by Crippen LogP contribution is -2.27. The zero-order valence-corrected chi connectivity index (χ0v) is 11.1. The lowest BCUT2D eigenvalue weighted by atomic mass is 10.2. The highest BCUT2D eigenvalue weighted by Gasteiger charge is 2.37. The maximum Gasteiger partial charge on any atom is 0.254 e. The van der Waals surface area contributed by atoms with Crippen LogP contribution >= 0.6 is 23.2 Å². The van der Waals surface area contributed by atoms with Gasteiger partial charge in [-0.25, -0.2) is 4.98 Å². The largest absolute Gasteiger partial charge is 0.349 e. The molecule has 0 saturated heterocycles. The van der Waals surface area contributed by atoms with E-state index in [-0.39, 0.29) is 11.1 Å². The van der Waals surface area contributed by atoms with Gasteiger partial charge in [0.1, 0.15) is 10.3 Å². The third-order valence-electron chi connectivity index (χ3n) is 2.96. The molecule has 2 rings (SSSR count). The number of pyridine rings is 1. The molecule has 1 aromatic rings. The van der Waals surface area contributed by atoms with Gasteiger partial charge in [-0.2, -0.15) is 0 Å². The number of amides is 1. The summed E-state index contributed by atoms with van der Waals surface area (Å²) in [5.41, 5.74) is 0.387. The zero-order chi connectivity index (χ0) is 12.4. The number of aromatic nitrogens is 1. The van der Waals surface area contributed by atoms with Crippen molar-refractivity contribution >= 4 is 29.1 Å². The van der Waals surface area contributed by atoms with Gasteiger partial charge in [0.15, 0.2) is 0 Å². The molecule has 1 aliphatic carbocycles. The molecule has 0 aromatic carbocycles. The van der Waals surface area contributed by atoms with E-state index in [1.54, 1.807) is 12.1 Å². The molecule has 0 radical (unpaired) electrons. The van der Waals surface area contributed by atoms with Gasteiger partial charge in [0, 0.05) is 6.04 Å². The molecule has 17 heavy (non-hydrogen) atoms. The van der Waals surface area contributed by atoms with E-state index in [9.17, 15) is 4.79 Å². The van der Waals surface area contributed by atoms with Gasteiger partial charge in [-0.05, 0) is 30.9 Å². The van der Waals surface area contributed by atoms with Crippen LogP contribution in [0.25, 0.3) is 0 Å². The number of nitrogens with zero attached hydrogens (tertiary/aromatic N) is 1. The minimum Gasteiger partial charge on any atom is -0.349 e. The Hall–Kier alpha value is -0.800. The summed E-state index contributed by atoms with van der Waals surface area (Å²) in [6.45, 7) is 2.15. The highest BCUT2D eigenvalue weighted by atomic mass is 35.5. The molecule has 5 heteroatoms. The second-order valence-electron chi connectivity index (χ2n) is 4.34. The number of carbonyl (C=O) groups is 1. The molecule has 1 aromatic heterocycles. The van der Waals surface area contributed by atoms with Gasteiger partial charge < -0.3 is 5.32 Å². The Labute approximate surface area is 111 Å². The minimum absolute atomic E-state index is 0.155. The van der Waals surface area contributed by atoms with Crippen LogP contribution in [0.15, 0.2) is 12.1 Å². The van der Waals surface area contributed by atoms with E-state index in [1.165, 1.54) is 0 Å². The number of hydrogen-bond acceptors (Lipinski definition) is 2. The van der Waals surface area contributed by atoms with E-state index in [0.717, 1.165) is 19.3 Å². The fourth-order valence-corrected chi connectivity index (χ4v) is 2.37. The van der Waals surface area contributed by atoms with Gasteiger partial charge in [-0.15, -0.1) is 0 Å². The average molecular weight is 273 g/mol. The van der Waals surface area contributed by atoms with Crippen LogP contribution in [0.2, 0.25) is 10.3 Å². The maximum absolute atomic E-state index is 11.9. The molecule has 1 aliphatic rings. The lowest BCUT2D eigenvalue weighted by molar-refractivity contribution is 0.0948. The van der Waals surface area contributed by atoms with Gasteiger partial charge in [-0.3, -0.25) is 4.79 Å². The third kappa shape index (κ3) is 3.11. The molecule has 1 N–H and O–H groups in total. The topological polar surface area (TPSA) is 42.0 Å². The molecule has 0 bridgehead atoms. The van der Waals surface area contributed by atoms with Crippen LogP contribution in [-0.4, -0.2) is 16.9 Å². The molecule has 1 fully saturated rings. The molecule has 1 heterocycles. The summed E-state index contributed by atoms with van der Waals surface area (Å²) in [6, 6.07) is 3.47. The Bertz CT molecular complexity index is 437. The summed E-state index contributed by atoms with van der Waals surface area (Å²) in [5.74, 6) is 0.464. The first-order chi connectivity index (χ1) is 8.11. The predicted octanol–water partition coefficient (Wildman–Crippen LogP) is 3.31. The first-order valence-corrected chi connectivity index (χ1v) is 6.50. The Balaban J connectivity index is 1.96. The number of nitrogens with one attached hydrogen (secondary N) is 1. The number of hydrogen-bond donors (Lipinski definition) is 1. The maximum atomic E-state index is 11.9. The number of carbonyl (C=O) groups excluding carboxylic acids is 1. The van der Waals surface area contributed by atoms with Crippen LogP contribution in [0.1, 0.15) is 36.5 Å². The monoisotopic (exact) mass is 272 g/mol. The molecule has 0 spiro atoms. The van der Waals surface area contributed by atoms with Gasteiger partial charge in [0.05, 0.1) is 5.56 Å². The van der Waals surface area contributed by atoms with Crippen molar-refractivity contribution in [3.05, 3.63) is 28.0 Å². The molecule has 0 aliphatic heterocycles. The normalized spacial score (nSPS) is 22.3. The second-order valence-corrected chi connectivity index (χ2v) is 5.08. The third-order valence-corrected chi connectivity index (χ3v) is 3.46. The van der Waals surface area contributed by atoms with Crippen molar-refractivity contribution in [2.45, 2.75) is 32.2 Å². The van der Waals surface area contributed by atoms with E-state index in [4.69, 9.17) is 23.2 Å². The standard InChI is InChI=1S/C12H14Cl2N2O/c1-2-3-7-6-9(7)15-12(17)8-4-5-10(13)16-11(8)14/h4-5,7,9H,2-3,6H2,1H3,(H,15,17). The molecule has 3 nitrogen and oxygen atoms in total. The highest BCUT2D eigenvalue weighted by molar-refractivity contribution is 6.34. The van der Waals surface area contributed by atoms with E-state index in [0.29, 0.717) is 22.7 Å². The van der Waals surface area contributed by atoms with Crippen LogP contribution in [-0.2, 0) is 0 Å². The molecular weight excluding hydrogens is 259 g/mol. The average Bonchev–Trinajstić information content (AvgIpc) is 2.96. The van der Waals surface area contributed by atoms with E-state index >= 15 is 0 Å². The Morgan fingerprint density at radius 1 is 1.53 bits per heavy atom. The van der Waals surface area contributed by atoms with Crippen molar-refractivity contribution < 1.29 is 4.79 Å². The first-order valence-electron chi connectivity index (χ1n) is 5.74. The van der Waals surface area contributed by atoms with Crippen LogP contribution in [0.5, 0.6) is 0 Å². The molecule has 1 saturated carbocycles. The van der Waals surface area contributed by atoms with Crippen molar-refractivity contribution in [3.8, 4) is 0 Å². The predicted molar refractivity (Wildman–Crippen MR) is 68.5 cm³/mol. The van der Waals surface area contributed by atoms with Crippen molar-refractivity contribution in [3.63, 3.8) is 0 Å². The van der Waals surface area contributed by atoms with Gasteiger partial charge in [0.2, 0.25) is 0 Å². The minimum atomic E-state index is -0.164. The molecule has 92 valence electrons. The quantitative estimate of drug-likeness (QED) is 0.855. The lowest BCUT2D eigenvalue weighted by Gasteiger charge is -2.05. The molecular formula is C12H14Cl2N2O. The van der Waals surface area contributed by atoms with Crippen molar-refractivity contribution in [1.82, 2.24) is 10.3 Å². The smallest absolute Gasteiger partial charge is 0.254 e. The van der Waals surface area contributed by atoms with Gasteiger partial charge >= 0.3 is 0 Å². The molecule has 2 atom stereocenters. The fraction of sp³-hybridized carbons (Fsp3) is 0.500.